The molecule has 2 aromatic heterocycles. The highest BCUT2D eigenvalue weighted by Crippen LogP contribution is 2.43. The van der Waals surface area contributed by atoms with Crippen LogP contribution < -0.4 is 9.62 Å². The second-order valence-electron chi connectivity index (χ2n) is 9.34. The fraction of sp³-hybridized carbons (Fsp3) is 0.458. The maximum absolute atomic E-state index is 13.1. The first-order chi connectivity index (χ1) is 15.8. The summed E-state index contributed by atoms with van der Waals surface area (Å²) in [5.74, 6) is 0.657. The molecule has 9 heteroatoms. The van der Waals surface area contributed by atoms with Gasteiger partial charge in [-0.1, -0.05) is 32.0 Å². The molecule has 0 amide bonds. The standard InChI is InChI=1S/C24H30N4O2S3/c1-16(2)14-28(18-9-10-18)15-19-13-25-24(32-19)20-12-17-6-4-7-21(23(17)26-20)27(3)33(29,30)22-8-5-11-31-22/h4-8,11,13,16,18,20,26H,9-10,12,14-15H2,1-3H3. The van der Waals surface area contributed by atoms with Gasteiger partial charge in [0.15, 0.2) is 0 Å². The molecule has 0 saturated heterocycles. The number of nitrogens with zero attached hydrogens (tertiary/aromatic N) is 3. The van der Waals surface area contributed by atoms with Gasteiger partial charge in [-0.3, -0.25) is 9.21 Å². The molecule has 3 heterocycles. The van der Waals surface area contributed by atoms with E-state index in [9.17, 15) is 8.42 Å². The van der Waals surface area contributed by atoms with E-state index in [0.717, 1.165) is 41.8 Å². The lowest BCUT2D eigenvalue weighted by Crippen LogP contribution is -2.29. The third-order valence-electron chi connectivity index (χ3n) is 6.21. The minimum atomic E-state index is -3.58. The molecule has 1 saturated carbocycles. The van der Waals surface area contributed by atoms with Crippen molar-refractivity contribution in [3.8, 4) is 0 Å². The van der Waals surface area contributed by atoms with E-state index >= 15 is 0 Å². The van der Waals surface area contributed by atoms with Gasteiger partial charge in [0.1, 0.15) is 9.22 Å². The Morgan fingerprint density at radius 3 is 2.73 bits per heavy atom. The molecule has 6 nitrogen and oxygen atoms in total. The summed E-state index contributed by atoms with van der Waals surface area (Å²) in [6.07, 6.45) is 5.45. The molecule has 1 atom stereocenters. The van der Waals surface area contributed by atoms with Crippen LogP contribution in [0, 0.1) is 5.92 Å². The molecule has 1 aliphatic heterocycles. The highest BCUT2D eigenvalue weighted by molar-refractivity contribution is 7.94. The van der Waals surface area contributed by atoms with Crippen LogP contribution in [0.3, 0.4) is 0 Å². The number of benzene rings is 1. The van der Waals surface area contributed by atoms with E-state index in [0.29, 0.717) is 15.8 Å². The van der Waals surface area contributed by atoms with E-state index in [4.69, 9.17) is 4.98 Å². The maximum atomic E-state index is 13.1. The van der Waals surface area contributed by atoms with Gasteiger partial charge in [0.05, 0.1) is 17.4 Å². The summed E-state index contributed by atoms with van der Waals surface area (Å²) in [6, 6.07) is 10.1. The summed E-state index contributed by atoms with van der Waals surface area (Å²) < 4.78 is 27.9. The van der Waals surface area contributed by atoms with E-state index in [2.05, 4.69) is 30.1 Å². The smallest absolute Gasteiger partial charge is 0.273 e. The molecule has 176 valence electrons. The Kier molecular flexibility index (Phi) is 6.24. The molecular weight excluding hydrogens is 472 g/mol. The van der Waals surface area contributed by atoms with Crippen molar-refractivity contribution in [3.05, 3.63) is 57.4 Å². The second-order valence-corrected chi connectivity index (χ2v) is 13.6. The lowest BCUT2D eigenvalue weighted by atomic mass is 10.1. The van der Waals surface area contributed by atoms with Crippen molar-refractivity contribution in [1.29, 1.82) is 0 Å². The maximum Gasteiger partial charge on any atom is 0.273 e. The predicted octanol–water partition coefficient (Wildman–Crippen LogP) is 5.36. The van der Waals surface area contributed by atoms with Crippen LogP contribution >= 0.6 is 22.7 Å². The van der Waals surface area contributed by atoms with Crippen molar-refractivity contribution >= 4 is 44.1 Å². The molecule has 5 rings (SSSR count). The molecule has 1 aliphatic carbocycles. The van der Waals surface area contributed by atoms with E-state index in [-0.39, 0.29) is 6.04 Å². The van der Waals surface area contributed by atoms with Crippen LogP contribution in [0.5, 0.6) is 0 Å². The molecule has 1 N–H and O–H groups in total. The van der Waals surface area contributed by atoms with Crippen LogP contribution in [0.1, 0.15) is 48.2 Å². The Morgan fingerprint density at radius 2 is 2.03 bits per heavy atom. The second kappa shape index (κ2) is 9.02. The summed E-state index contributed by atoms with van der Waals surface area (Å²) in [5, 5.41) is 6.44. The molecule has 33 heavy (non-hydrogen) atoms. The number of hydrogen-bond donors (Lipinski definition) is 1. The molecule has 0 radical (unpaired) electrons. The van der Waals surface area contributed by atoms with Gasteiger partial charge < -0.3 is 5.32 Å². The van der Waals surface area contributed by atoms with Crippen molar-refractivity contribution in [1.82, 2.24) is 9.88 Å². The van der Waals surface area contributed by atoms with E-state index in [1.165, 1.54) is 33.4 Å². The number of fused-ring (bicyclic) bond motifs is 1. The third kappa shape index (κ3) is 4.69. The number of rotatable bonds is 9. The number of thiazole rings is 1. The van der Waals surface area contributed by atoms with Crippen LogP contribution in [0.4, 0.5) is 11.4 Å². The zero-order valence-corrected chi connectivity index (χ0v) is 21.6. The van der Waals surface area contributed by atoms with Crippen molar-refractivity contribution in [2.75, 3.05) is 23.2 Å². The average Bonchev–Trinajstić information content (AvgIpc) is 3.18. The Balaban J connectivity index is 1.33. The van der Waals surface area contributed by atoms with Crippen LogP contribution in [0.2, 0.25) is 0 Å². The Morgan fingerprint density at radius 1 is 1.21 bits per heavy atom. The van der Waals surface area contributed by atoms with E-state index in [1.807, 2.05) is 18.3 Å². The molecule has 2 aliphatic rings. The van der Waals surface area contributed by atoms with Gasteiger partial charge in [0.2, 0.25) is 0 Å². The SMILES string of the molecule is CC(C)CN(Cc1cnc(C2Cc3cccc(N(C)S(=O)(=O)c4cccs4)c3N2)s1)C1CC1. The monoisotopic (exact) mass is 502 g/mol. The first-order valence-corrected chi connectivity index (χ1v) is 14.6. The topological polar surface area (TPSA) is 65.5 Å². The number of para-hydroxylation sites is 1. The number of hydrogen-bond acceptors (Lipinski definition) is 7. The lowest BCUT2D eigenvalue weighted by molar-refractivity contribution is 0.228. The summed E-state index contributed by atoms with van der Waals surface area (Å²) in [5.41, 5.74) is 2.69. The normalized spacial score (nSPS) is 18.0. The van der Waals surface area contributed by atoms with Crippen molar-refractivity contribution in [3.63, 3.8) is 0 Å². The Bertz CT molecular complexity index is 1220. The molecule has 0 spiro atoms. The molecule has 1 aromatic carbocycles. The highest BCUT2D eigenvalue weighted by atomic mass is 32.2. The van der Waals surface area contributed by atoms with Gasteiger partial charge in [-0.25, -0.2) is 13.4 Å². The minimum absolute atomic E-state index is 0.0669. The molecule has 1 fully saturated rings. The Labute approximate surface area is 204 Å². The summed E-state index contributed by atoms with van der Waals surface area (Å²) in [7, 11) is -1.95. The summed E-state index contributed by atoms with van der Waals surface area (Å²) in [6.45, 7) is 6.65. The Hall–Kier alpha value is -1.94. The van der Waals surface area contributed by atoms with Gasteiger partial charge >= 0.3 is 0 Å². The number of nitrogens with one attached hydrogen (secondary N) is 1. The zero-order valence-electron chi connectivity index (χ0n) is 19.2. The molecule has 1 unspecified atom stereocenters. The number of anilines is 2. The summed E-state index contributed by atoms with van der Waals surface area (Å²) in [4.78, 5) is 8.65. The minimum Gasteiger partial charge on any atom is -0.374 e. The quantitative estimate of drug-likeness (QED) is 0.427. The highest BCUT2D eigenvalue weighted by Gasteiger charge is 2.32. The third-order valence-corrected chi connectivity index (χ3v) is 10.5. The van der Waals surface area contributed by atoms with Gasteiger partial charge in [0.25, 0.3) is 10.0 Å². The molecule has 3 aromatic rings. The van der Waals surface area contributed by atoms with Crippen LogP contribution in [0.15, 0.2) is 46.1 Å². The van der Waals surface area contributed by atoms with Crippen molar-refractivity contribution in [2.45, 2.75) is 55.9 Å². The fourth-order valence-electron chi connectivity index (χ4n) is 4.46. The molecule has 0 bridgehead atoms. The van der Waals surface area contributed by atoms with Gasteiger partial charge in [-0.2, -0.15) is 0 Å². The molecular formula is C24H30N4O2S3. The first kappa shape index (κ1) is 22.8. The average molecular weight is 503 g/mol. The van der Waals surface area contributed by atoms with Crippen LogP contribution in [-0.2, 0) is 23.0 Å². The summed E-state index contributed by atoms with van der Waals surface area (Å²) >= 11 is 3.01. The van der Waals surface area contributed by atoms with Crippen LogP contribution in [-0.4, -0.2) is 37.9 Å². The largest absolute Gasteiger partial charge is 0.374 e. The zero-order chi connectivity index (χ0) is 23.2. The van der Waals surface area contributed by atoms with Crippen LogP contribution in [0.25, 0.3) is 0 Å². The van der Waals surface area contributed by atoms with Gasteiger partial charge in [0, 0.05) is 43.7 Å². The van der Waals surface area contributed by atoms with Gasteiger partial charge in [-0.05, 0) is 41.8 Å². The van der Waals surface area contributed by atoms with E-state index in [1.54, 1.807) is 35.9 Å². The van der Waals surface area contributed by atoms with E-state index < -0.39 is 10.0 Å². The fourth-order valence-corrected chi connectivity index (χ4v) is 7.83. The van der Waals surface area contributed by atoms with Crippen molar-refractivity contribution in [2.24, 2.45) is 5.92 Å². The number of aromatic nitrogens is 1. The first-order valence-electron chi connectivity index (χ1n) is 11.4. The lowest BCUT2D eigenvalue weighted by Gasteiger charge is -2.23. The number of sulfonamides is 1. The predicted molar refractivity (Wildman–Crippen MR) is 137 cm³/mol. The number of thiophene rings is 1. The van der Waals surface area contributed by atoms with Gasteiger partial charge in [-0.15, -0.1) is 22.7 Å². The van der Waals surface area contributed by atoms with Crippen molar-refractivity contribution < 1.29 is 8.42 Å².